The molecule has 3 aromatic heterocycles. The number of ether oxygens (including phenoxy) is 3. The lowest BCUT2D eigenvalue weighted by Gasteiger charge is -2.23. The zero-order valence-electron chi connectivity index (χ0n) is 20.9. The van der Waals surface area contributed by atoms with Crippen molar-refractivity contribution in [3.8, 4) is 5.75 Å². The summed E-state index contributed by atoms with van der Waals surface area (Å²) in [4.78, 5) is 32.9. The Hall–Kier alpha value is -3.89. The number of anilines is 1. The van der Waals surface area contributed by atoms with Gasteiger partial charge in [0.1, 0.15) is 28.8 Å². The minimum atomic E-state index is -0.571. The molecule has 35 heavy (non-hydrogen) atoms. The molecule has 11 nitrogen and oxygen atoms in total. The first-order valence-electron chi connectivity index (χ1n) is 11.4. The van der Waals surface area contributed by atoms with Gasteiger partial charge >= 0.3 is 12.1 Å². The number of aromatic nitrogens is 4. The van der Waals surface area contributed by atoms with Crippen LogP contribution in [0.1, 0.15) is 63.5 Å². The number of alkyl carbamates (subject to hydrolysis) is 1. The summed E-state index contributed by atoms with van der Waals surface area (Å²) in [6.07, 6.45) is 5.69. The number of fused-ring (bicyclic) bond motifs is 1. The van der Waals surface area contributed by atoms with E-state index >= 15 is 0 Å². The van der Waals surface area contributed by atoms with E-state index in [1.54, 1.807) is 58.4 Å². The molecule has 0 aliphatic rings. The van der Waals surface area contributed by atoms with Crippen molar-refractivity contribution in [1.82, 2.24) is 24.9 Å². The maximum atomic E-state index is 12.2. The molecule has 0 spiro atoms. The number of esters is 1. The van der Waals surface area contributed by atoms with Crippen molar-refractivity contribution in [2.75, 3.05) is 18.5 Å². The number of pyridine rings is 1. The minimum Gasteiger partial charge on any atom is -0.488 e. The number of rotatable bonds is 9. The molecule has 11 heteroatoms. The predicted octanol–water partition coefficient (Wildman–Crippen LogP) is 3.77. The van der Waals surface area contributed by atoms with Crippen LogP contribution in [-0.4, -0.2) is 56.5 Å². The molecule has 0 aromatic carbocycles. The second-order valence-electron chi connectivity index (χ2n) is 8.95. The van der Waals surface area contributed by atoms with Crippen LogP contribution in [0.3, 0.4) is 0 Å². The zero-order chi connectivity index (χ0) is 25.6. The Morgan fingerprint density at radius 2 is 1.94 bits per heavy atom. The summed E-state index contributed by atoms with van der Waals surface area (Å²) < 4.78 is 17.9. The van der Waals surface area contributed by atoms with Crippen molar-refractivity contribution in [3.63, 3.8) is 0 Å². The van der Waals surface area contributed by atoms with Gasteiger partial charge < -0.3 is 24.8 Å². The van der Waals surface area contributed by atoms with Crippen molar-refractivity contribution in [1.29, 1.82) is 0 Å². The Bertz CT molecular complexity index is 1170. The SMILES string of the molecule is CCOC(=O)c1cnn2ccc(N[C@H](C)c3cnccc3O[C@@H](C)CNC(=O)OC(C)(C)C)nc12. The number of carbonyl (C=O) groups is 2. The molecule has 188 valence electrons. The summed E-state index contributed by atoms with van der Waals surface area (Å²) >= 11 is 0. The van der Waals surface area contributed by atoms with Crippen LogP contribution in [0.2, 0.25) is 0 Å². The van der Waals surface area contributed by atoms with Gasteiger partial charge in [0.2, 0.25) is 0 Å². The number of hydrogen-bond acceptors (Lipinski definition) is 9. The van der Waals surface area contributed by atoms with Gasteiger partial charge in [0.15, 0.2) is 5.65 Å². The largest absolute Gasteiger partial charge is 0.488 e. The average molecular weight is 485 g/mol. The van der Waals surface area contributed by atoms with E-state index in [9.17, 15) is 9.59 Å². The molecule has 0 saturated heterocycles. The summed E-state index contributed by atoms with van der Waals surface area (Å²) in [7, 11) is 0. The first-order valence-corrected chi connectivity index (χ1v) is 11.4. The van der Waals surface area contributed by atoms with E-state index in [0.29, 0.717) is 22.8 Å². The molecule has 0 saturated carbocycles. The number of hydrogen-bond donors (Lipinski definition) is 2. The number of nitrogens with one attached hydrogen (secondary N) is 2. The van der Waals surface area contributed by atoms with Crippen LogP contribution in [-0.2, 0) is 9.47 Å². The Labute approximate surface area is 204 Å². The van der Waals surface area contributed by atoms with E-state index in [-0.39, 0.29) is 25.3 Å². The van der Waals surface area contributed by atoms with Crippen molar-refractivity contribution in [2.24, 2.45) is 0 Å². The molecule has 1 amide bonds. The maximum absolute atomic E-state index is 12.2. The van der Waals surface area contributed by atoms with Crippen LogP contribution in [0.5, 0.6) is 5.75 Å². The van der Waals surface area contributed by atoms with Gasteiger partial charge in [-0.25, -0.2) is 19.1 Å². The maximum Gasteiger partial charge on any atom is 0.407 e. The summed E-state index contributed by atoms with van der Waals surface area (Å²) in [5.41, 5.74) is 0.918. The van der Waals surface area contributed by atoms with Gasteiger partial charge in [-0.2, -0.15) is 5.10 Å². The van der Waals surface area contributed by atoms with Gasteiger partial charge in [0.05, 0.1) is 25.4 Å². The Balaban J connectivity index is 1.69. The number of nitrogens with zero attached hydrogens (tertiary/aromatic N) is 4. The lowest BCUT2D eigenvalue weighted by atomic mass is 10.1. The normalized spacial score (nSPS) is 13.1. The van der Waals surface area contributed by atoms with Crippen molar-refractivity contribution < 1.29 is 23.8 Å². The highest BCUT2D eigenvalue weighted by Crippen LogP contribution is 2.27. The van der Waals surface area contributed by atoms with Crippen molar-refractivity contribution in [3.05, 3.63) is 48.0 Å². The second-order valence-corrected chi connectivity index (χ2v) is 8.95. The van der Waals surface area contributed by atoms with Gasteiger partial charge in [0, 0.05) is 24.2 Å². The molecule has 0 radical (unpaired) electrons. The van der Waals surface area contributed by atoms with Gasteiger partial charge in [-0.05, 0) is 53.7 Å². The highest BCUT2D eigenvalue weighted by atomic mass is 16.6. The van der Waals surface area contributed by atoms with Crippen molar-refractivity contribution >= 4 is 23.5 Å². The standard InChI is InChI=1S/C24H32N6O5/c1-7-33-22(31)18-14-27-30-11-9-20(29-21(18)30)28-16(3)17-13-25-10-8-19(17)34-15(2)12-26-23(32)35-24(4,5)6/h8-11,13-16H,7,12H2,1-6H3,(H,26,32)(H,28,29)/t15-,16+/m0/s1. The Morgan fingerprint density at radius 1 is 1.17 bits per heavy atom. The second kappa shape index (κ2) is 11.0. The Morgan fingerprint density at radius 3 is 2.66 bits per heavy atom. The van der Waals surface area contributed by atoms with Crippen LogP contribution >= 0.6 is 0 Å². The Kier molecular flexibility index (Phi) is 8.10. The first-order chi connectivity index (χ1) is 16.6. The molecule has 2 atom stereocenters. The van der Waals surface area contributed by atoms with Crippen LogP contribution in [0, 0.1) is 0 Å². The quantitative estimate of drug-likeness (QED) is 0.436. The molecule has 0 aliphatic carbocycles. The highest BCUT2D eigenvalue weighted by Gasteiger charge is 2.19. The van der Waals surface area contributed by atoms with Crippen LogP contribution in [0.4, 0.5) is 10.6 Å². The van der Waals surface area contributed by atoms with E-state index in [1.807, 2.05) is 13.8 Å². The fourth-order valence-corrected chi connectivity index (χ4v) is 3.23. The van der Waals surface area contributed by atoms with Gasteiger partial charge in [-0.15, -0.1) is 0 Å². The van der Waals surface area contributed by atoms with E-state index in [1.165, 1.54) is 10.7 Å². The average Bonchev–Trinajstić information content (AvgIpc) is 3.20. The van der Waals surface area contributed by atoms with Gasteiger partial charge in [0.25, 0.3) is 0 Å². The molecule has 3 heterocycles. The number of carbonyl (C=O) groups excluding carboxylic acids is 2. The third-order valence-electron chi connectivity index (χ3n) is 4.77. The molecule has 3 rings (SSSR count). The number of amides is 1. The molecule has 0 bridgehead atoms. The molecule has 0 unspecified atom stereocenters. The molecule has 0 fully saturated rings. The monoisotopic (exact) mass is 484 g/mol. The minimum absolute atomic E-state index is 0.228. The molecular weight excluding hydrogens is 452 g/mol. The zero-order valence-corrected chi connectivity index (χ0v) is 20.9. The molecular formula is C24H32N6O5. The van der Waals surface area contributed by atoms with E-state index in [0.717, 1.165) is 5.56 Å². The van der Waals surface area contributed by atoms with E-state index < -0.39 is 17.7 Å². The smallest absolute Gasteiger partial charge is 0.407 e. The van der Waals surface area contributed by atoms with Crippen molar-refractivity contribution in [2.45, 2.75) is 59.3 Å². The third kappa shape index (κ3) is 7.05. The lowest BCUT2D eigenvalue weighted by Crippen LogP contribution is -2.37. The highest BCUT2D eigenvalue weighted by molar-refractivity contribution is 5.95. The van der Waals surface area contributed by atoms with Gasteiger partial charge in [-0.1, -0.05) is 0 Å². The van der Waals surface area contributed by atoms with E-state index in [2.05, 4.69) is 25.7 Å². The predicted molar refractivity (Wildman–Crippen MR) is 130 cm³/mol. The molecule has 3 aromatic rings. The fourth-order valence-electron chi connectivity index (χ4n) is 3.23. The summed E-state index contributed by atoms with van der Waals surface area (Å²) in [5.74, 6) is 0.693. The summed E-state index contributed by atoms with van der Waals surface area (Å²) in [6.45, 7) is 11.5. The summed E-state index contributed by atoms with van der Waals surface area (Å²) in [5, 5.41) is 10.2. The lowest BCUT2D eigenvalue weighted by molar-refractivity contribution is 0.0501. The first kappa shape index (κ1) is 25.7. The topological polar surface area (TPSA) is 129 Å². The fraction of sp³-hybridized carbons (Fsp3) is 0.458. The van der Waals surface area contributed by atoms with Crippen LogP contribution in [0.15, 0.2) is 36.9 Å². The summed E-state index contributed by atoms with van der Waals surface area (Å²) in [6, 6.07) is 3.30. The van der Waals surface area contributed by atoms with Gasteiger partial charge in [-0.3, -0.25) is 4.98 Å². The molecule has 2 N–H and O–H groups in total. The third-order valence-corrected chi connectivity index (χ3v) is 4.77. The van der Waals surface area contributed by atoms with Crippen LogP contribution < -0.4 is 15.4 Å². The van der Waals surface area contributed by atoms with E-state index in [4.69, 9.17) is 14.2 Å². The van der Waals surface area contributed by atoms with Crippen LogP contribution in [0.25, 0.3) is 5.65 Å². The molecule has 0 aliphatic heterocycles.